The van der Waals surface area contributed by atoms with Gasteiger partial charge >= 0.3 is 5.69 Å². The van der Waals surface area contributed by atoms with Crippen molar-refractivity contribution in [2.75, 3.05) is 0 Å². The Kier molecular flexibility index (Phi) is 5.53. The van der Waals surface area contributed by atoms with Crippen molar-refractivity contribution in [1.29, 1.82) is 0 Å². The van der Waals surface area contributed by atoms with Gasteiger partial charge in [-0.2, -0.15) is 5.10 Å². The third-order valence-corrected chi connectivity index (χ3v) is 5.87. The largest absolute Gasteiger partial charge is 0.352 e. The molecule has 8 nitrogen and oxygen atoms in total. The zero-order valence-electron chi connectivity index (χ0n) is 16.5. The predicted octanol–water partition coefficient (Wildman–Crippen LogP) is 2.73. The van der Waals surface area contributed by atoms with Crippen LogP contribution in [0.25, 0.3) is 5.13 Å². The molecule has 30 heavy (non-hydrogen) atoms. The summed E-state index contributed by atoms with van der Waals surface area (Å²) < 4.78 is 2.78. The van der Waals surface area contributed by atoms with Crippen LogP contribution in [-0.2, 0) is 6.54 Å². The average molecular weight is 420 g/mol. The van der Waals surface area contributed by atoms with Gasteiger partial charge in [0.15, 0.2) is 5.13 Å². The molecule has 0 radical (unpaired) electrons. The lowest BCUT2D eigenvalue weighted by atomic mass is 10.1. The fourth-order valence-electron chi connectivity index (χ4n) is 3.05. The molecule has 1 aromatic carbocycles. The molecule has 1 N–H and O–H groups in total. The van der Waals surface area contributed by atoms with Gasteiger partial charge in [0.25, 0.3) is 5.91 Å². The van der Waals surface area contributed by atoms with Gasteiger partial charge in [-0.05, 0) is 31.0 Å². The van der Waals surface area contributed by atoms with E-state index in [1.165, 1.54) is 15.6 Å². The Morgan fingerprint density at radius 2 is 2.00 bits per heavy atom. The van der Waals surface area contributed by atoms with Crippen molar-refractivity contribution in [3.8, 4) is 5.13 Å². The summed E-state index contributed by atoms with van der Waals surface area (Å²) in [6.07, 6.45) is 4.83. The van der Waals surface area contributed by atoms with E-state index >= 15 is 0 Å². The molecule has 0 bridgehead atoms. The first-order valence-electron chi connectivity index (χ1n) is 9.40. The minimum atomic E-state index is -0.303. The molecule has 0 saturated heterocycles. The van der Waals surface area contributed by atoms with Crippen molar-refractivity contribution in [1.82, 2.24) is 29.6 Å². The van der Waals surface area contributed by atoms with Crippen LogP contribution >= 0.6 is 11.3 Å². The SMILES string of the molecule is Cc1nc(-n2cnn(C(C)c3ccccc3)c2=O)sc1C(=O)NCc1cccnc1. The van der Waals surface area contributed by atoms with Crippen LogP contribution in [0.2, 0.25) is 0 Å². The number of carbonyl (C=O) groups excluding carboxylic acids is 1. The lowest BCUT2D eigenvalue weighted by Gasteiger charge is -2.10. The molecule has 9 heteroatoms. The van der Waals surface area contributed by atoms with E-state index in [0.29, 0.717) is 22.2 Å². The number of pyridine rings is 1. The minimum absolute atomic E-state index is 0.219. The van der Waals surface area contributed by atoms with E-state index < -0.39 is 0 Å². The van der Waals surface area contributed by atoms with Crippen LogP contribution in [0.3, 0.4) is 0 Å². The van der Waals surface area contributed by atoms with E-state index in [1.807, 2.05) is 49.4 Å². The van der Waals surface area contributed by atoms with Gasteiger partial charge in [-0.15, -0.1) is 0 Å². The molecular formula is C21H20N6O2S. The maximum Gasteiger partial charge on any atom is 0.352 e. The summed E-state index contributed by atoms with van der Waals surface area (Å²) in [5, 5.41) is 7.53. The number of carbonyl (C=O) groups is 1. The van der Waals surface area contributed by atoms with Gasteiger partial charge in [0.05, 0.1) is 11.7 Å². The highest BCUT2D eigenvalue weighted by Crippen LogP contribution is 2.21. The number of nitrogens with one attached hydrogen (secondary N) is 1. The van der Waals surface area contributed by atoms with Crippen molar-refractivity contribution in [3.05, 3.63) is 93.4 Å². The summed E-state index contributed by atoms with van der Waals surface area (Å²) in [5.74, 6) is -0.238. The van der Waals surface area contributed by atoms with E-state index in [1.54, 1.807) is 19.3 Å². The lowest BCUT2D eigenvalue weighted by Crippen LogP contribution is -2.26. The Bertz CT molecular complexity index is 1210. The van der Waals surface area contributed by atoms with Crippen molar-refractivity contribution < 1.29 is 4.79 Å². The molecular weight excluding hydrogens is 400 g/mol. The number of thiazole rings is 1. The Labute approximate surface area is 176 Å². The lowest BCUT2D eigenvalue weighted by molar-refractivity contribution is 0.0954. The van der Waals surface area contributed by atoms with Crippen LogP contribution in [0.15, 0.2) is 66.0 Å². The van der Waals surface area contributed by atoms with Crippen molar-refractivity contribution in [3.63, 3.8) is 0 Å². The van der Waals surface area contributed by atoms with Gasteiger partial charge in [-0.1, -0.05) is 47.7 Å². The number of aromatic nitrogens is 5. The highest BCUT2D eigenvalue weighted by molar-refractivity contribution is 7.16. The highest BCUT2D eigenvalue weighted by atomic mass is 32.1. The third-order valence-electron chi connectivity index (χ3n) is 4.72. The molecule has 3 aromatic heterocycles. The fourth-order valence-corrected chi connectivity index (χ4v) is 3.99. The first-order valence-corrected chi connectivity index (χ1v) is 10.2. The van der Waals surface area contributed by atoms with Gasteiger partial charge < -0.3 is 5.32 Å². The Hall–Kier alpha value is -3.59. The Morgan fingerprint density at radius 1 is 1.20 bits per heavy atom. The summed E-state index contributed by atoms with van der Waals surface area (Å²) in [6.45, 7) is 4.03. The Morgan fingerprint density at radius 3 is 2.73 bits per heavy atom. The molecule has 0 aliphatic rings. The summed E-state index contributed by atoms with van der Waals surface area (Å²) in [7, 11) is 0. The molecule has 0 fully saturated rings. The normalized spacial score (nSPS) is 11.9. The van der Waals surface area contributed by atoms with Crippen LogP contribution in [0.1, 0.15) is 39.5 Å². The first kappa shape index (κ1) is 19.7. The number of benzene rings is 1. The molecule has 1 amide bonds. The fraction of sp³-hybridized carbons (Fsp3) is 0.190. The van der Waals surface area contributed by atoms with E-state index in [-0.39, 0.29) is 17.6 Å². The second kappa shape index (κ2) is 8.42. The molecule has 1 unspecified atom stereocenters. The molecule has 0 saturated carbocycles. The van der Waals surface area contributed by atoms with Gasteiger partial charge in [0.2, 0.25) is 0 Å². The molecule has 3 heterocycles. The van der Waals surface area contributed by atoms with Crippen molar-refractivity contribution in [2.24, 2.45) is 0 Å². The molecule has 0 aliphatic carbocycles. The number of nitrogens with zero attached hydrogens (tertiary/aromatic N) is 5. The quantitative estimate of drug-likeness (QED) is 0.518. The molecule has 0 aliphatic heterocycles. The second-order valence-electron chi connectivity index (χ2n) is 6.77. The maximum absolute atomic E-state index is 12.9. The van der Waals surface area contributed by atoms with E-state index in [0.717, 1.165) is 22.5 Å². The van der Waals surface area contributed by atoms with Gasteiger partial charge in [-0.3, -0.25) is 9.78 Å². The van der Waals surface area contributed by atoms with Crippen LogP contribution in [-0.4, -0.2) is 30.2 Å². The summed E-state index contributed by atoms with van der Waals surface area (Å²) in [6, 6.07) is 13.2. The first-order chi connectivity index (χ1) is 14.5. The molecule has 1 atom stereocenters. The van der Waals surface area contributed by atoms with Crippen LogP contribution in [0.5, 0.6) is 0 Å². The zero-order valence-corrected chi connectivity index (χ0v) is 17.3. The predicted molar refractivity (Wildman–Crippen MR) is 114 cm³/mol. The second-order valence-corrected chi connectivity index (χ2v) is 7.75. The standard InChI is InChI=1S/C21H20N6O2S/c1-14-18(19(28)23-12-16-7-6-10-22-11-16)30-20(25-14)26-13-24-27(21(26)29)15(2)17-8-4-3-5-9-17/h3-11,13,15H,12H2,1-2H3,(H,23,28). The summed E-state index contributed by atoms with van der Waals surface area (Å²) in [4.78, 5) is 34.4. The molecule has 4 aromatic rings. The smallest absolute Gasteiger partial charge is 0.347 e. The molecule has 4 rings (SSSR count). The maximum atomic E-state index is 12.9. The third kappa shape index (κ3) is 3.92. The summed E-state index contributed by atoms with van der Waals surface area (Å²) in [5.41, 5.74) is 2.15. The number of rotatable bonds is 6. The summed E-state index contributed by atoms with van der Waals surface area (Å²) >= 11 is 1.16. The van der Waals surface area contributed by atoms with Crippen molar-refractivity contribution in [2.45, 2.75) is 26.4 Å². The highest BCUT2D eigenvalue weighted by Gasteiger charge is 2.20. The minimum Gasteiger partial charge on any atom is -0.347 e. The van der Waals surface area contributed by atoms with E-state index in [4.69, 9.17) is 0 Å². The van der Waals surface area contributed by atoms with Gasteiger partial charge in [0, 0.05) is 18.9 Å². The van der Waals surface area contributed by atoms with E-state index in [2.05, 4.69) is 20.4 Å². The number of aryl methyl sites for hydroxylation is 1. The zero-order chi connectivity index (χ0) is 21.1. The van der Waals surface area contributed by atoms with Crippen molar-refractivity contribution >= 4 is 17.2 Å². The number of hydrogen-bond donors (Lipinski definition) is 1. The van der Waals surface area contributed by atoms with E-state index in [9.17, 15) is 9.59 Å². The van der Waals surface area contributed by atoms with Crippen LogP contribution in [0.4, 0.5) is 0 Å². The topological polar surface area (TPSA) is 94.7 Å². The van der Waals surface area contributed by atoms with Gasteiger partial charge in [-0.25, -0.2) is 19.0 Å². The molecule has 0 spiro atoms. The van der Waals surface area contributed by atoms with Crippen LogP contribution in [0, 0.1) is 6.92 Å². The van der Waals surface area contributed by atoms with Crippen LogP contribution < -0.4 is 11.0 Å². The number of hydrogen-bond acceptors (Lipinski definition) is 6. The Balaban J connectivity index is 1.55. The number of amides is 1. The van der Waals surface area contributed by atoms with Gasteiger partial charge in [0.1, 0.15) is 11.2 Å². The average Bonchev–Trinajstić information content (AvgIpc) is 3.35. The monoisotopic (exact) mass is 420 g/mol. The molecule has 152 valence electrons.